The Hall–Kier alpha value is -2.29. The van der Waals surface area contributed by atoms with Crippen LogP contribution in [-0.2, 0) is 0 Å². The molecule has 0 bridgehead atoms. The Bertz CT molecular complexity index is 834. The van der Waals surface area contributed by atoms with Crippen molar-refractivity contribution < 1.29 is 4.74 Å². The Morgan fingerprint density at radius 2 is 1.79 bits per heavy atom. The highest BCUT2D eigenvalue weighted by molar-refractivity contribution is 5.85. The van der Waals surface area contributed by atoms with E-state index in [9.17, 15) is 0 Å². The van der Waals surface area contributed by atoms with Crippen LogP contribution in [0.25, 0.3) is 11.5 Å². The van der Waals surface area contributed by atoms with E-state index in [1.807, 2.05) is 24.3 Å². The number of hydrogen-bond acceptors (Lipinski definition) is 7. The third kappa shape index (κ3) is 4.95. The van der Waals surface area contributed by atoms with Crippen molar-refractivity contribution in [3.8, 4) is 17.3 Å². The zero-order chi connectivity index (χ0) is 17.9. The Morgan fingerprint density at radius 3 is 2.46 bits per heavy atom. The predicted molar refractivity (Wildman–Crippen MR) is 115 cm³/mol. The van der Waals surface area contributed by atoms with Gasteiger partial charge in [0, 0.05) is 17.8 Å². The van der Waals surface area contributed by atoms with Gasteiger partial charge in [-0.2, -0.15) is 4.98 Å². The zero-order valence-electron chi connectivity index (χ0n) is 15.5. The lowest BCUT2D eigenvalue weighted by atomic mass is 9.92. The first-order valence-electron chi connectivity index (χ1n) is 8.85. The number of benzene rings is 1. The molecule has 1 saturated carbocycles. The smallest absolute Gasteiger partial charge is 0.204 e. The van der Waals surface area contributed by atoms with Crippen molar-refractivity contribution in [3.63, 3.8) is 0 Å². The molecule has 10 heteroatoms. The van der Waals surface area contributed by atoms with Crippen LogP contribution in [-0.4, -0.2) is 39.1 Å². The average Bonchev–Trinajstić information content (AvgIpc) is 3.13. The van der Waals surface area contributed by atoms with Gasteiger partial charge in [0.1, 0.15) is 17.9 Å². The molecule has 3 aliphatic rings. The van der Waals surface area contributed by atoms with E-state index in [0.717, 1.165) is 42.9 Å². The SMILES string of the molecule is COc1ccc(Nc2[nH]c(NC3CCC(N)CC3)nc3ncnc2-3)cc1.Cl.Cl. The van der Waals surface area contributed by atoms with Crippen LogP contribution in [0.1, 0.15) is 25.7 Å². The lowest BCUT2D eigenvalue weighted by Gasteiger charge is -2.27. The van der Waals surface area contributed by atoms with Crippen LogP contribution in [0.4, 0.5) is 17.5 Å². The van der Waals surface area contributed by atoms with Gasteiger partial charge in [0.15, 0.2) is 11.5 Å². The molecule has 0 radical (unpaired) electrons. The van der Waals surface area contributed by atoms with Gasteiger partial charge in [-0.3, -0.25) is 0 Å². The van der Waals surface area contributed by atoms with Crippen LogP contribution in [0.5, 0.6) is 5.75 Å². The molecule has 152 valence electrons. The third-order valence-corrected chi connectivity index (χ3v) is 4.75. The molecule has 0 aromatic heterocycles. The Labute approximate surface area is 176 Å². The van der Waals surface area contributed by atoms with E-state index in [2.05, 4.69) is 30.6 Å². The van der Waals surface area contributed by atoms with E-state index in [-0.39, 0.29) is 24.8 Å². The minimum Gasteiger partial charge on any atom is -0.497 e. The molecule has 1 aliphatic carbocycles. The molecule has 1 fully saturated rings. The standard InChI is InChI=1S/C18H23N7O.2ClH/c1-26-14-8-6-12(7-9-14)22-17-15-16(21-10-20-15)24-18(25-17)23-13-4-2-11(19)3-5-13;;/h6-11,13H,2-5,19H2,1H3,(H3,20,21,22,23,24,25);2*1H. The second kappa shape index (κ2) is 9.77. The van der Waals surface area contributed by atoms with Crippen molar-refractivity contribution in [1.82, 2.24) is 19.9 Å². The second-order valence-electron chi connectivity index (χ2n) is 6.62. The van der Waals surface area contributed by atoms with Crippen molar-refractivity contribution >= 4 is 42.3 Å². The monoisotopic (exact) mass is 425 g/mol. The number of H-pyrrole nitrogens is 1. The predicted octanol–water partition coefficient (Wildman–Crippen LogP) is 3.58. The first-order chi connectivity index (χ1) is 12.7. The number of methoxy groups -OCH3 is 1. The average molecular weight is 426 g/mol. The molecular weight excluding hydrogens is 401 g/mol. The number of imidazole rings is 1. The van der Waals surface area contributed by atoms with Crippen molar-refractivity contribution in [1.29, 1.82) is 0 Å². The number of fused-ring (bicyclic) bond motifs is 1. The Kier molecular flexibility index (Phi) is 7.68. The number of nitrogens with one attached hydrogen (secondary N) is 3. The van der Waals surface area contributed by atoms with Gasteiger partial charge in [-0.1, -0.05) is 0 Å². The number of rotatable bonds is 5. The largest absolute Gasteiger partial charge is 0.497 e. The molecule has 0 saturated heterocycles. The summed E-state index contributed by atoms with van der Waals surface area (Å²) >= 11 is 0. The summed E-state index contributed by atoms with van der Waals surface area (Å²) in [5.41, 5.74) is 7.62. The Balaban J connectivity index is 0.00000140. The van der Waals surface area contributed by atoms with Gasteiger partial charge in [-0.05, 0) is 49.9 Å². The fourth-order valence-corrected chi connectivity index (χ4v) is 3.26. The molecular formula is C18H25Cl2N7O. The molecule has 2 aliphatic heterocycles. The number of ether oxygens (including phenoxy) is 1. The number of anilines is 3. The maximum Gasteiger partial charge on any atom is 0.204 e. The quantitative estimate of drug-likeness (QED) is 0.493. The molecule has 1 aromatic rings. The number of nitrogens with two attached hydrogens (primary N) is 1. The van der Waals surface area contributed by atoms with E-state index < -0.39 is 0 Å². The van der Waals surface area contributed by atoms with Crippen molar-refractivity contribution in [3.05, 3.63) is 30.6 Å². The molecule has 4 rings (SSSR count). The molecule has 28 heavy (non-hydrogen) atoms. The normalized spacial score (nSPS) is 18.6. The number of halogens is 2. The van der Waals surface area contributed by atoms with Crippen LogP contribution in [0.15, 0.2) is 30.6 Å². The highest BCUT2D eigenvalue weighted by Crippen LogP contribution is 2.29. The third-order valence-electron chi connectivity index (χ3n) is 4.75. The number of nitrogens with zero attached hydrogens (tertiary/aromatic N) is 3. The summed E-state index contributed by atoms with van der Waals surface area (Å²) in [5, 5.41) is 6.83. The summed E-state index contributed by atoms with van der Waals surface area (Å²) in [4.78, 5) is 16.4. The summed E-state index contributed by atoms with van der Waals surface area (Å²) in [6, 6.07) is 8.40. The molecule has 0 unspecified atom stereocenters. The topological polar surface area (TPSA) is 114 Å². The van der Waals surface area contributed by atoms with Crippen molar-refractivity contribution in [2.45, 2.75) is 37.8 Å². The van der Waals surface area contributed by atoms with Crippen LogP contribution >= 0.6 is 24.8 Å². The first kappa shape index (κ1) is 22.0. The van der Waals surface area contributed by atoms with Crippen molar-refractivity contribution in [2.24, 2.45) is 5.73 Å². The lowest BCUT2D eigenvalue weighted by molar-refractivity contribution is 0.410. The van der Waals surface area contributed by atoms with E-state index in [1.54, 1.807) is 7.11 Å². The maximum atomic E-state index is 5.99. The van der Waals surface area contributed by atoms with E-state index in [0.29, 0.717) is 29.6 Å². The summed E-state index contributed by atoms with van der Waals surface area (Å²) in [7, 11) is 1.65. The number of hydrogen-bond donors (Lipinski definition) is 4. The second-order valence-corrected chi connectivity index (χ2v) is 6.62. The maximum absolute atomic E-state index is 5.99. The van der Waals surface area contributed by atoms with Gasteiger partial charge in [-0.15, -0.1) is 24.8 Å². The van der Waals surface area contributed by atoms with E-state index in [1.165, 1.54) is 6.33 Å². The van der Waals surface area contributed by atoms with Gasteiger partial charge < -0.3 is 26.1 Å². The van der Waals surface area contributed by atoms with Crippen molar-refractivity contribution in [2.75, 3.05) is 17.7 Å². The van der Waals surface area contributed by atoms with E-state index in [4.69, 9.17) is 10.5 Å². The van der Waals surface area contributed by atoms with Gasteiger partial charge in [0.05, 0.1) is 7.11 Å². The van der Waals surface area contributed by atoms with Gasteiger partial charge >= 0.3 is 0 Å². The molecule has 0 amide bonds. The molecule has 8 nitrogen and oxygen atoms in total. The Morgan fingerprint density at radius 1 is 1.07 bits per heavy atom. The fourth-order valence-electron chi connectivity index (χ4n) is 3.26. The summed E-state index contributed by atoms with van der Waals surface area (Å²) in [6.45, 7) is 0. The minimum atomic E-state index is 0. The summed E-state index contributed by atoms with van der Waals surface area (Å²) < 4.78 is 5.20. The van der Waals surface area contributed by atoms with Crippen LogP contribution in [0.3, 0.4) is 0 Å². The van der Waals surface area contributed by atoms with Crippen LogP contribution < -0.4 is 21.1 Å². The zero-order valence-corrected chi connectivity index (χ0v) is 17.1. The van der Waals surface area contributed by atoms with Gasteiger partial charge in [0.25, 0.3) is 0 Å². The van der Waals surface area contributed by atoms with E-state index >= 15 is 0 Å². The number of aromatic nitrogens is 4. The summed E-state index contributed by atoms with van der Waals surface area (Å²) in [6.07, 6.45) is 5.68. The molecule has 0 atom stereocenters. The van der Waals surface area contributed by atoms with Gasteiger partial charge in [-0.25, -0.2) is 9.97 Å². The highest BCUT2D eigenvalue weighted by Gasteiger charge is 2.21. The molecule has 1 aromatic carbocycles. The van der Waals surface area contributed by atoms with Crippen LogP contribution in [0.2, 0.25) is 0 Å². The lowest BCUT2D eigenvalue weighted by Crippen LogP contribution is -2.33. The first-order valence-corrected chi connectivity index (χ1v) is 8.85. The minimum absolute atomic E-state index is 0. The molecule has 5 N–H and O–H groups in total. The highest BCUT2D eigenvalue weighted by atomic mass is 35.5. The van der Waals surface area contributed by atoms with Crippen LogP contribution in [0, 0.1) is 0 Å². The summed E-state index contributed by atoms with van der Waals surface area (Å²) in [5.74, 6) is 2.86. The fraction of sp³-hybridized carbons (Fsp3) is 0.389. The number of aromatic amines is 1. The molecule has 2 heterocycles. The molecule has 0 spiro atoms. The van der Waals surface area contributed by atoms with Gasteiger partial charge in [0.2, 0.25) is 5.95 Å².